The van der Waals surface area contributed by atoms with Crippen molar-refractivity contribution in [3.63, 3.8) is 0 Å². The van der Waals surface area contributed by atoms with E-state index >= 15 is 0 Å². The highest BCUT2D eigenvalue weighted by atomic mass is 19.4. The largest absolute Gasteiger partial charge is 0.408 e. The maximum atomic E-state index is 13.3. The zero-order valence-electron chi connectivity index (χ0n) is 15.1. The molecular formula is C23H22F3N. The molecule has 1 unspecified atom stereocenters. The lowest BCUT2D eigenvalue weighted by Crippen LogP contribution is -2.41. The van der Waals surface area contributed by atoms with E-state index in [1.165, 1.54) is 39.6 Å². The van der Waals surface area contributed by atoms with Crippen molar-refractivity contribution in [1.82, 2.24) is 0 Å². The lowest BCUT2D eigenvalue weighted by Gasteiger charge is -2.28. The minimum atomic E-state index is -4.17. The number of nitrogens with zero attached hydrogens (tertiary/aromatic N) is 1. The van der Waals surface area contributed by atoms with Gasteiger partial charge in [-0.2, -0.15) is 13.2 Å². The summed E-state index contributed by atoms with van der Waals surface area (Å²) in [6, 6.07) is 13.1. The maximum absolute atomic E-state index is 13.3. The van der Waals surface area contributed by atoms with Gasteiger partial charge >= 0.3 is 6.18 Å². The van der Waals surface area contributed by atoms with Gasteiger partial charge in [0, 0.05) is 12.2 Å². The highest BCUT2D eigenvalue weighted by Gasteiger charge is 2.46. The number of alkyl halides is 3. The van der Waals surface area contributed by atoms with Crippen molar-refractivity contribution in [3.8, 4) is 0 Å². The fourth-order valence-electron chi connectivity index (χ4n) is 4.98. The molecule has 0 N–H and O–H groups in total. The van der Waals surface area contributed by atoms with Crippen molar-refractivity contribution in [1.29, 1.82) is 0 Å². The Labute approximate surface area is 156 Å². The molecule has 2 aliphatic rings. The van der Waals surface area contributed by atoms with Crippen molar-refractivity contribution < 1.29 is 13.2 Å². The van der Waals surface area contributed by atoms with E-state index in [0.29, 0.717) is 18.7 Å². The van der Waals surface area contributed by atoms with Crippen molar-refractivity contribution in [3.05, 3.63) is 53.6 Å². The highest BCUT2D eigenvalue weighted by molar-refractivity contribution is 6.09. The first kappa shape index (κ1) is 16.9. The molecule has 1 fully saturated rings. The van der Waals surface area contributed by atoms with Crippen LogP contribution in [0.3, 0.4) is 0 Å². The molecule has 1 saturated heterocycles. The summed E-state index contributed by atoms with van der Waals surface area (Å²) in [4.78, 5) is 1.52. The molecule has 4 heteroatoms. The summed E-state index contributed by atoms with van der Waals surface area (Å²) >= 11 is 0. The Hall–Kier alpha value is -2.23. The number of aryl methyl sites for hydroxylation is 2. The summed E-state index contributed by atoms with van der Waals surface area (Å²) < 4.78 is 40.0. The van der Waals surface area contributed by atoms with Gasteiger partial charge in [-0.1, -0.05) is 30.3 Å². The van der Waals surface area contributed by atoms with E-state index in [2.05, 4.69) is 24.3 Å². The first-order valence-corrected chi connectivity index (χ1v) is 9.83. The molecule has 3 aromatic carbocycles. The van der Waals surface area contributed by atoms with Gasteiger partial charge in [-0.3, -0.25) is 0 Å². The van der Waals surface area contributed by atoms with Crippen LogP contribution in [-0.2, 0) is 12.8 Å². The number of hydrogen-bond donors (Lipinski definition) is 0. The van der Waals surface area contributed by atoms with Gasteiger partial charge in [-0.15, -0.1) is 0 Å². The zero-order valence-corrected chi connectivity index (χ0v) is 15.1. The molecule has 1 aliphatic carbocycles. The Bertz CT molecular complexity index is 1020. The summed E-state index contributed by atoms with van der Waals surface area (Å²) in [5.74, 6) is 0. The second-order valence-electron chi connectivity index (χ2n) is 7.87. The molecule has 140 valence electrons. The van der Waals surface area contributed by atoms with E-state index in [1.54, 1.807) is 0 Å². The quantitative estimate of drug-likeness (QED) is 0.449. The molecule has 5 rings (SSSR count). The number of rotatable bonds is 1. The van der Waals surface area contributed by atoms with Crippen LogP contribution in [-0.4, -0.2) is 18.8 Å². The predicted octanol–water partition coefficient (Wildman–Crippen LogP) is 6.40. The average molecular weight is 369 g/mol. The smallest absolute Gasteiger partial charge is 0.360 e. The van der Waals surface area contributed by atoms with Crippen LogP contribution in [0.25, 0.3) is 21.5 Å². The standard InChI is InChI=1S/C23H22F3N/c24-23(25,26)22-6-3-13-27(22)17-9-12-19-16(14-17)8-11-20-18-5-2-1-4-15(18)7-10-21(19)20/h7-12,14,22H,1-6,13H2. The SMILES string of the molecule is FC(F)(F)C1CCCN1c1ccc2c(ccc3c4c(ccc32)CCCC4)c1. The molecule has 0 aromatic heterocycles. The second kappa shape index (κ2) is 6.15. The van der Waals surface area contributed by atoms with Crippen LogP contribution in [0.5, 0.6) is 0 Å². The molecule has 1 atom stereocenters. The molecule has 3 aromatic rings. The van der Waals surface area contributed by atoms with E-state index in [1.807, 2.05) is 18.2 Å². The summed E-state index contributed by atoms with van der Waals surface area (Å²) in [6.45, 7) is 0.469. The molecule has 27 heavy (non-hydrogen) atoms. The molecule has 0 radical (unpaired) electrons. The normalized spacial score (nSPS) is 20.4. The van der Waals surface area contributed by atoms with Crippen LogP contribution < -0.4 is 4.90 Å². The molecule has 0 bridgehead atoms. The number of anilines is 1. The van der Waals surface area contributed by atoms with Crippen LogP contribution in [0.1, 0.15) is 36.8 Å². The van der Waals surface area contributed by atoms with Crippen molar-refractivity contribution in [2.24, 2.45) is 0 Å². The third-order valence-electron chi connectivity index (χ3n) is 6.29. The van der Waals surface area contributed by atoms with Crippen molar-refractivity contribution in [2.75, 3.05) is 11.4 Å². The molecule has 0 spiro atoms. The third-order valence-corrected chi connectivity index (χ3v) is 6.29. The maximum Gasteiger partial charge on any atom is 0.408 e. The molecule has 0 amide bonds. The summed E-state index contributed by atoms with van der Waals surface area (Å²) in [5.41, 5.74) is 3.59. The van der Waals surface area contributed by atoms with E-state index < -0.39 is 12.2 Å². The Morgan fingerprint density at radius 1 is 0.815 bits per heavy atom. The lowest BCUT2D eigenvalue weighted by molar-refractivity contribution is -0.145. The average Bonchev–Trinajstić information content (AvgIpc) is 3.17. The highest BCUT2D eigenvalue weighted by Crippen LogP contribution is 2.39. The second-order valence-corrected chi connectivity index (χ2v) is 7.87. The minimum absolute atomic E-state index is 0.186. The number of hydrogen-bond acceptors (Lipinski definition) is 1. The zero-order chi connectivity index (χ0) is 18.6. The first-order chi connectivity index (χ1) is 13.0. The van der Waals surface area contributed by atoms with Gasteiger partial charge < -0.3 is 4.90 Å². The van der Waals surface area contributed by atoms with Crippen LogP contribution in [0, 0.1) is 0 Å². The van der Waals surface area contributed by atoms with Crippen LogP contribution in [0.4, 0.5) is 18.9 Å². The number of fused-ring (bicyclic) bond motifs is 5. The molecule has 1 aliphatic heterocycles. The third kappa shape index (κ3) is 2.77. The van der Waals surface area contributed by atoms with E-state index in [-0.39, 0.29) is 6.42 Å². The van der Waals surface area contributed by atoms with Crippen molar-refractivity contribution >= 4 is 27.2 Å². The van der Waals surface area contributed by atoms with Gasteiger partial charge in [-0.05, 0) is 83.3 Å². The number of benzene rings is 3. The predicted molar refractivity (Wildman–Crippen MR) is 105 cm³/mol. The Morgan fingerprint density at radius 2 is 1.59 bits per heavy atom. The molecule has 1 nitrogen and oxygen atoms in total. The fourth-order valence-corrected chi connectivity index (χ4v) is 4.98. The Morgan fingerprint density at radius 3 is 2.44 bits per heavy atom. The van der Waals surface area contributed by atoms with Gasteiger partial charge in [0.15, 0.2) is 0 Å². The van der Waals surface area contributed by atoms with Gasteiger partial charge in [0.1, 0.15) is 6.04 Å². The summed E-state index contributed by atoms with van der Waals surface area (Å²) in [6.07, 6.45) is 1.36. The van der Waals surface area contributed by atoms with E-state index in [4.69, 9.17) is 0 Å². The topological polar surface area (TPSA) is 3.24 Å². The Kier molecular flexibility index (Phi) is 3.85. The molecular weight excluding hydrogens is 347 g/mol. The fraction of sp³-hybridized carbons (Fsp3) is 0.391. The Balaban J connectivity index is 1.62. The van der Waals surface area contributed by atoms with Gasteiger partial charge in [0.05, 0.1) is 0 Å². The summed E-state index contributed by atoms with van der Waals surface area (Å²) in [7, 11) is 0. The van der Waals surface area contributed by atoms with Gasteiger partial charge in [0.2, 0.25) is 0 Å². The number of halogens is 3. The monoisotopic (exact) mass is 369 g/mol. The minimum Gasteiger partial charge on any atom is -0.360 e. The van der Waals surface area contributed by atoms with E-state index in [0.717, 1.165) is 23.6 Å². The summed E-state index contributed by atoms with van der Waals surface area (Å²) in [5, 5.41) is 4.67. The van der Waals surface area contributed by atoms with Crippen LogP contribution >= 0.6 is 0 Å². The van der Waals surface area contributed by atoms with Crippen LogP contribution in [0.15, 0.2) is 42.5 Å². The van der Waals surface area contributed by atoms with Gasteiger partial charge in [0.25, 0.3) is 0 Å². The van der Waals surface area contributed by atoms with E-state index in [9.17, 15) is 13.2 Å². The first-order valence-electron chi connectivity index (χ1n) is 9.83. The van der Waals surface area contributed by atoms with Crippen molar-refractivity contribution in [2.45, 2.75) is 50.7 Å². The molecule has 1 heterocycles. The lowest BCUT2D eigenvalue weighted by atomic mass is 9.86. The molecule has 0 saturated carbocycles. The van der Waals surface area contributed by atoms with Crippen LogP contribution in [0.2, 0.25) is 0 Å². The van der Waals surface area contributed by atoms with Gasteiger partial charge in [-0.25, -0.2) is 0 Å².